The van der Waals surface area contributed by atoms with E-state index in [4.69, 9.17) is 17.4 Å². The van der Waals surface area contributed by atoms with Crippen LogP contribution in [0.15, 0.2) is 53.7 Å². The summed E-state index contributed by atoms with van der Waals surface area (Å²) in [5, 5.41) is 11.3. The molecule has 0 spiro atoms. The molecule has 144 valence electrons. The number of carbonyl (C=O) groups excluding carboxylic acids is 2. The number of benzene rings is 2. The van der Waals surface area contributed by atoms with E-state index in [1.54, 1.807) is 43.3 Å². The van der Waals surface area contributed by atoms with Gasteiger partial charge in [0.2, 0.25) is 11.1 Å². The predicted molar refractivity (Wildman–Crippen MR) is 111 cm³/mol. The Morgan fingerprint density at radius 3 is 2.54 bits per heavy atom. The van der Waals surface area contributed by atoms with Gasteiger partial charge in [0.25, 0.3) is 0 Å². The second kappa shape index (κ2) is 8.45. The Labute approximate surface area is 171 Å². The number of carbonyl (C=O) groups is 2. The van der Waals surface area contributed by atoms with Crippen LogP contribution in [-0.4, -0.2) is 31.8 Å². The molecule has 0 bridgehead atoms. The van der Waals surface area contributed by atoms with Crippen molar-refractivity contribution in [3.05, 3.63) is 59.1 Å². The summed E-state index contributed by atoms with van der Waals surface area (Å²) < 4.78 is 1.30. The molecule has 0 aliphatic carbocycles. The van der Waals surface area contributed by atoms with Crippen molar-refractivity contribution in [1.82, 2.24) is 14.9 Å². The summed E-state index contributed by atoms with van der Waals surface area (Å²) in [6, 6.07) is 14.0. The highest BCUT2D eigenvalue weighted by atomic mass is 35.5. The van der Waals surface area contributed by atoms with Crippen molar-refractivity contribution in [2.75, 3.05) is 11.2 Å². The maximum atomic E-state index is 12.6. The quantitative estimate of drug-likeness (QED) is 0.362. The molecule has 1 atom stereocenters. The number of nitrogens with two attached hydrogens (primary N) is 1. The van der Waals surface area contributed by atoms with E-state index < -0.39 is 5.25 Å². The molecule has 3 aromatic rings. The zero-order valence-corrected chi connectivity index (χ0v) is 16.8. The number of para-hydroxylation sites is 1. The summed E-state index contributed by atoms with van der Waals surface area (Å²) in [7, 11) is 0. The van der Waals surface area contributed by atoms with Crippen LogP contribution in [0.1, 0.15) is 24.2 Å². The number of anilines is 1. The van der Waals surface area contributed by atoms with Gasteiger partial charge in [-0.25, -0.2) is 4.68 Å². The number of halogens is 1. The summed E-state index contributed by atoms with van der Waals surface area (Å²) in [6.45, 7) is 3.18. The maximum Gasteiger partial charge on any atom is 0.237 e. The molecule has 0 aliphatic heterocycles. The van der Waals surface area contributed by atoms with Gasteiger partial charge in [-0.05, 0) is 38.1 Å². The third kappa shape index (κ3) is 4.18. The molecule has 0 fully saturated rings. The molecule has 9 heteroatoms. The number of amides is 1. The van der Waals surface area contributed by atoms with E-state index in [1.165, 1.54) is 11.6 Å². The van der Waals surface area contributed by atoms with Gasteiger partial charge < -0.3 is 11.2 Å². The number of rotatable bonds is 6. The van der Waals surface area contributed by atoms with Gasteiger partial charge >= 0.3 is 0 Å². The third-order valence-corrected chi connectivity index (χ3v) is 5.38. The smallest absolute Gasteiger partial charge is 0.237 e. The lowest BCUT2D eigenvalue weighted by Crippen LogP contribution is -2.24. The number of hydrogen-bond donors (Lipinski definition) is 2. The van der Waals surface area contributed by atoms with Gasteiger partial charge in [0, 0.05) is 11.1 Å². The minimum atomic E-state index is -0.523. The second-order valence-corrected chi connectivity index (χ2v) is 7.72. The number of nitrogen functional groups attached to an aromatic ring is 1. The van der Waals surface area contributed by atoms with Crippen LogP contribution in [-0.2, 0) is 4.79 Å². The fourth-order valence-electron chi connectivity index (χ4n) is 2.53. The summed E-state index contributed by atoms with van der Waals surface area (Å²) in [6.07, 6.45) is 0. The summed E-state index contributed by atoms with van der Waals surface area (Å²) >= 11 is 7.35. The van der Waals surface area contributed by atoms with E-state index in [1.807, 2.05) is 12.1 Å². The lowest BCUT2D eigenvalue weighted by molar-refractivity contribution is -0.115. The van der Waals surface area contributed by atoms with E-state index in [-0.39, 0.29) is 11.7 Å². The van der Waals surface area contributed by atoms with Crippen molar-refractivity contribution < 1.29 is 9.59 Å². The van der Waals surface area contributed by atoms with Crippen LogP contribution in [0.3, 0.4) is 0 Å². The molecule has 0 radical (unpaired) electrons. The van der Waals surface area contributed by atoms with Crippen LogP contribution in [0, 0.1) is 0 Å². The van der Waals surface area contributed by atoms with Gasteiger partial charge in [-0.2, -0.15) is 0 Å². The first kappa shape index (κ1) is 19.9. The maximum absolute atomic E-state index is 12.6. The molecular weight excluding hydrogens is 398 g/mol. The zero-order chi connectivity index (χ0) is 20.3. The lowest BCUT2D eigenvalue weighted by atomic mass is 10.1. The molecule has 7 nitrogen and oxygen atoms in total. The van der Waals surface area contributed by atoms with Crippen LogP contribution in [0.5, 0.6) is 0 Å². The fourth-order valence-corrected chi connectivity index (χ4v) is 3.52. The van der Waals surface area contributed by atoms with Crippen molar-refractivity contribution in [3.8, 4) is 11.4 Å². The van der Waals surface area contributed by atoms with Crippen molar-refractivity contribution in [3.63, 3.8) is 0 Å². The highest BCUT2D eigenvalue weighted by Gasteiger charge is 2.21. The Balaban J connectivity index is 1.75. The molecular formula is C19H18ClN5O2S. The topological polar surface area (TPSA) is 103 Å². The van der Waals surface area contributed by atoms with Gasteiger partial charge in [0.05, 0.1) is 16.0 Å². The first-order valence-electron chi connectivity index (χ1n) is 8.41. The first-order valence-corrected chi connectivity index (χ1v) is 9.67. The Morgan fingerprint density at radius 2 is 1.82 bits per heavy atom. The third-order valence-electron chi connectivity index (χ3n) is 3.99. The monoisotopic (exact) mass is 415 g/mol. The van der Waals surface area contributed by atoms with Crippen LogP contribution >= 0.6 is 23.4 Å². The average Bonchev–Trinajstić information content (AvgIpc) is 3.02. The van der Waals surface area contributed by atoms with E-state index >= 15 is 0 Å². The number of nitrogens with zero attached hydrogens (tertiary/aromatic N) is 3. The highest BCUT2D eigenvalue weighted by Crippen LogP contribution is 2.29. The second-order valence-electron chi connectivity index (χ2n) is 6.01. The number of Topliss-reactive ketones (excluding diaryl/α,β-unsaturated/α-hetero) is 1. The first-order chi connectivity index (χ1) is 13.4. The van der Waals surface area contributed by atoms with E-state index in [0.29, 0.717) is 32.8 Å². The molecule has 1 amide bonds. The standard InChI is InChI=1S/C19H18ClN5O2S/c1-11(26)13-7-4-6-10-16(13)22-18(27)12(2)28-19-24-23-17(25(19)21)14-8-3-5-9-15(14)20/h3-10,12H,21H2,1-2H3,(H,22,27)/t12-/m0/s1. The minimum Gasteiger partial charge on any atom is -0.335 e. The van der Waals surface area contributed by atoms with E-state index in [9.17, 15) is 9.59 Å². The SMILES string of the molecule is CC(=O)c1ccccc1NC(=O)[C@H](C)Sc1nnc(-c2ccccc2Cl)n1N. The Bertz CT molecular complexity index is 1040. The molecule has 1 heterocycles. The van der Waals surface area contributed by atoms with Crippen molar-refractivity contribution in [2.24, 2.45) is 0 Å². The number of ketones is 1. The normalized spacial score (nSPS) is 11.8. The van der Waals surface area contributed by atoms with Gasteiger partial charge in [-0.3, -0.25) is 9.59 Å². The summed E-state index contributed by atoms with van der Waals surface area (Å²) in [5.41, 5.74) is 1.58. The highest BCUT2D eigenvalue weighted by molar-refractivity contribution is 8.00. The van der Waals surface area contributed by atoms with Crippen LogP contribution in [0.2, 0.25) is 5.02 Å². The molecule has 0 unspecified atom stereocenters. The van der Waals surface area contributed by atoms with Gasteiger partial charge in [0.1, 0.15) is 0 Å². The van der Waals surface area contributed by atoms with Crippen molar-refractivity contribution >= 4 is 40.7 Å². The Kier molecular flexibility index (Phi) is 6.01. The van der Waals surface area contributed by atoms with E-state index in [0.717, 1.165) is 11.8 Å². The zero-order valence-electron chi connectivity index (χ0n) is 15.2. The molecule has 1 aromatic heterocycles. The van der Waals surface area contributed by atoms with Crippen LogP contribution < -0.4 is 11.2 Å². The molecule has 3 N–H and O–H groups in total. The Morgan fingerprint density at radius 1 is 1.14 bits per heavy atom. The molecule has 0 saturated heterocycles. The minimum absolute atomic E-state index is 0.123. The number of hydrogen-bond acceptors (Lipinski definition) is 6. The van der Waals surface area contributed by atoms with Crippen LogP contribution in [0.25, 0.3) is 11.4 Å². The van der Waals surface area contributed by atoms with Gasteiger partial charge in [0.15, 0.2) is 11.6 Å². The predicted octanol–water partition coefficient (Wildman–Crippen LogP) is 3.63. The van der Waals surface area contributed by atoms with Crippen molar-refractivity contribution in [2.45, 2.75) is 24.3 Å². The number of thioether (sulfide) groups is 1. The Hall–Kier alpha value is -2.84. The molecule has 28 heavy (non-hydrogen) atoms. The van der Waals surface area contributed by atoms with Crippen molar-refractivity contribution in [1.29, 1.82) is 0 Å². The summed E-state index contributed by atoms with van der Waals surface area (Å²) in [4.78, 5) is 24.3. The lowest BCUT2D eigenvalue weighted by Gasteiger charge is -2.13. The number of aromatic nitrogens is 3. The summed E-state index contributed by atoms with van der Waals surface area (Å²) in [5.74, 6) is 6.11. The molecule has 0 saturated carbocycles. The number of nitrogens with one attached hydrogen (secondary N) is 1. The molecule has 3 rings (SSSR count). The molecule has 0 aliphatic rings. The van der Waals surface area contributed by atoms with Gasteiger partial charge in [-0.1, -0.05) is 47.6 Å². The van der Waals surface area contributed by atoms with Crippen LogP contribution in [0.4, 0.5) is 5.69 Å². The van der Waals surface area contributed by atoms with E-state index in [2.05, 4.69) is 15.5 Å². The fraction of sp³-hybridized carbons (Fsp3) is 0.158. The largest absolute Gasteiger partial charge is 0.335 e. The average molecular weight is 416 g/mol. The van der Waals surface area contributed by atoms with Gasteiger partial charge in [-0.15, -0.1) is 10.2 Å². The molecule has 2 aromatic carbocycles.